The van der Waals surface area contributed by atoms with Crippen molar-refractivity contribution in [2.24, 2.45) is 0 Å². The summed E-state index contributed by atoms with van der Waals surface area (Å²) in [6.45, 7) is 2.00. The van der Waals surface area contributed by atoms with Gasteiger partial charge in [-0.05, 0) is 19.1 Å². The van der Waals surface area contributed by atoms with Crippen LogP contribution < -0.4 is 5.73 Å². The number of carbonyl (C=O) groups is 2. The molecule has 0 heterocycles. The van der Waals surface area contributed by atoms with Crippen molar-refractivity contribution < 1.29 is 14.3 Å². The molecule has 0 saturated heterocycles. The Balaban J connectivity index is 2.93. The maximum atomic E-state index is 11.5. The summed E-state index contributed by atoms with van der Waals surface area (Å²) in [5, 5.41) is 0. The van der Waals surface area contributed by atoms with Gasteiger partial charge in [0.1, 0.15) is 0 Å². The average molecular weight is 256 g/mol. The third kappa shape index (κ3) is 3.46. The Morgan fingerprint density at radius 3 is 2.65 bits per heavy atom. The van der Waals surface area contributed by atoms with Crippen molar-refractivity contribution in [3.63, 3.8) is 0 Å². The second kappa shape index (κ2) is 6.25. The average Bonchev–Trinajstić information content (AvgIpc) is 2.29. The molecule has 5 heteroatoms. The van der Waals surface area contributed by atoms with Gasteiger partial charge in [0.05, 0.1) is 12.2 Å². The predicted octanol–water partition coefficient (Wildman–Crippen LogP) is 2.26. The van der Waals surface area contributed by atoms with E-state index in [4.69, 9.17) is 22.1 Å². The topological polar surface area (TPSA) is 69.4 Å². The quantitative estimate of drug-likeness (QED) is 0.379. The summed E-state index contributed by atoms with van der Waals surface area (Å²) in [7, 11) is 0. The van der Waals surface area contributed by atoms with Crippen LogP contribution in [-0.4, -0.2) is 24.2 Å². The highest BCUT2D eigenvalue weighted by molar-refractivity contribution is 6.19. The Labute approximate surface area is 105 Å². The van der Waals surface area contributed by atoms with Crippen LogP contribution in [0.2, 0.25) is 0 Å². The van der Waals surface area contributed by atoms with Crippen molar-refractivity contribution in [2.75, 3.05) is 18.2 Å². The molecular weight excluding hydrogens is 242 g/mol. The smallest absolute Gasteiger partial charge is 0.340 e. The fourth-order valence-corrected chi connectivity index (χ4v) is 1.53. The molecule has 0 aliphatic heterocycles. The van der Waals surface area contributed by atoms with Crippen LogP contribution in [0.1, 0.15) is 34.1 Å². The van der Waals surface area contributed by atoms with Crippen molar-refractivity contribution in [1.82, 2.24) is 0 Å². The zero-order chi connectivity index (χ0) is 12.8. The largest absolute Gasteiger partial charge is 0.462 e. The molecule has 0 amide bonds. The number of carbonyl (C=O) groups excluding carboxylic acids is 2. The Morgan fingerprint density at radius 1 is 1.41 bits per heavy atom. The van der Waals surface area contributed by atoms with Crippen LogP contribution in [0.15, 0.2) is 18.2 Å². The number of ether oxygens (including phenoxy) is 1. The zero-order valence-electron chi connectivity index (χ0n) is 9.53. The molecule has 1 aromatic carbocycles. The second-order valence-electron chi connectivity index (χ2n) is 3.38. The van der Waals surface area contributed by atoms with Crippen molar-refractivity contribution in [1.29, 1.82) is 0 Å². The monoisotopic (exact) mass is 255 g/mol. The van der Waals surface area contributed by atoms with Crippen LogP contribution in [0.25, 0.3) is 0 Å². The first-order valence-corrected chi connectivity index (χ1v) is 5.79. The lowest BCUT2D eigenvalue weighted by atomic mass is 10.0. The van der Waals surface area contributed by atoms with E-state index in [9.17, 15) is 9.59 Å². The van der Waals surface area contributed by atoms with Crippen molar-refractivity contribution in [2.45, 2.75) is 13.3 Å². The van der Waals surface area contributed by atoms with Gasteiger partial charge in [-0.25, -0.2) is 4.79 Å². The lowest BCUT2D eigenvalue weighted by Crippen LogP contribution is -2.09. The van der Waals surface area contributed by atoms with Gasteiger partial charge in [-0.15, -0.1) is 11.6 Å². The number of hydrogen-bond acceptors (Lipinski definition) is 4. The van der Waals surface area contributed by atoms with E-state index in [1.54, 1.807) is 13.0 Å². The lowest BCUT2D eigenvalue weighted by molar-refractivity contribution is 0.0527. The molecule has 4 nitrogen and oxygen atoms in total. The van der Waals surface area contributed by atoms with Gasteiger partial charge in [0.25, 0.3) is 0 Å². The first-order chi connectivity index (χ1) is 8.10. The summed E-state index contributed by atoms with van der Waals surface area (Å²) in [4.78, 5) is 23.0. The number of ketones is 1. The standard InChI is InChI=1S/C12H14ClNO3/c1-2-17-12(16)9-4-3-8(7-10(9)14)11(15)5-6-13/h3-4,7H,2,5-6,14H2,1H3. The van der Waals surface area contributed by atoms with Gasteiger partial charge >= 0.3 is 5.97 Å². The highest BCUT2D eigenvalue weighted by Gasteiger charge is 2.13. The van der Waals surface area contributed by atoms with Crippen LogP contribution in [0.3, 0.4) is 0 Å². The molecule has 0 fully saturated rings. The molecule has 0 aromatic heterocycles. The van der Waals surface area contributed by atoms with Gasteiger partial charge in [-0.1, -0.05) is 6.07 Å². The Kier molecular flexibility index (Phi) is 4.97. The van der Waals surface area contributed by atoms with E-state index in [0.717, 1.165) is 0 Å². The fourth-order valence-electron chi connectivity index (χ4n) is 1.36. The summed E-state index contributed by atoms with van der Waals surface area (Å²) in [6.07, 6.45) is 0.250. The molecule has 0 atom stereocenters. The van der Waals surface area contributed by atoms with Gasteiger partial charge < -0.3 is 10.5 Å². The molecular formula is C12H14ClNO3. The zero-order valence-corrected chi connectivity index (χ0v) is 10.3. The number of benzene rings is 1. The number of hydrogen-bond donors (Lipinski definition) is 1. The fraction of sp³-hybridized carbons (Fsp3) is 0.333. The van der Waals surface area contributed by atoms with Gasteiger partial charge in [-0.2, -0.15) is 0 Å². The first-order valence-electron chi connectivity index (χ1n) is 5.26. The molecule has 0 spiro atoms. The van der Waals surface area contributed by atoms with Crippen molar-refractivity contribution in [3.8, 4) is 0 Å². The van der Waals surface area contributed by atoms with Gasteiger partial charge in [-0.3, -0.25) is 4.79 Å². The van der Waals surface area contributed by atoms with Crippen LogP contribution in [0.4, 0.5) is 5.69 Å². The van der Waals surface area contributed by atoms with E-state index >= 15 is 0 Å². The third-order valence-corrected chi connectivity index (χ3v) is 2.38. The van der Waals surface area contributed by atoms with E-state index < -0.39 is 5.97 Å². The summed E-state index contributed by atoms with van der Waals surface area (Å²) < 4.78 is 4.83. The maximum Gasteiger partial charge on any atom is 0.340 e. The first kappa shape index (κ1) is 13.5. The van der Waals surface area contributed by atoms with E-state index in [2.05, 4.69) is 0 Å². The van der Waals surface area contributed by atoms with Gasteiger partial charge in [0, 0.05) is 23.6 Å². The molecule has 2 N–H and O–H groups in total. The SMILES string of the molecule is CCOC(=O)c1ccc(C(=O)CCCl)cc1N. The number of nitrogen functional groups attached to an aromatic ring is 1. The molecule has 0 saturated carbocycles. The minimum Gasteiger partial charge on any atom is -0.462 e. The molecule has 17 heavy (non-hydrogen) atoms. The van der Waals surface area contributed by atoms with Crippen molar-refractivity contribution >= 4 is 29.0 Å². The number of nitrogens with two attached hydrogens (primary N) is 1. The molecule has 0 unspecified atom stereocenters. The molecule has 92 valence electrons. The van der Waals surface area contributed by atoms with E-state index in [0.29, 0.717) is 5.56 Å². The van der Waals surface area contributed by atoms with Crippen LogP contribution in [0, 0.1) is 0 Å². The number of Topliss-reactive ketones (excluding diaryl/α,β-unsaturated/α-hetero) is 1. The maximum absolute atomic E-state index is 11.5. The Morgan fingerprint density at radius 2 is 2.12 bits per heavy atom. The molecule has 0 radical (unpaired) electrons. The van der Waals surface area contributed by atoms with E-state index in [1.807, 2.05) is 0 Å². The third-order valence-electron chi connectivity index (χ3n) is 2.19. The van der Waals surface area contributed by atoms with Gasteiger partial charge in [0.2, 0.25) is 0 Å². The molecule has 0 aliphatic carbocycles. The molecule has 1 rings (SSSR count). The normalized spacial score (nSPS) is 10.0. The highest BCUT2D eigenvalue weighted by Crippen LogP contribution is 2.17. The highest BCUT2D eigenvalue weighted by atomic mass is 35.5. The molecule has 0 aliphatic rings. The number of halogens is 1. The summed E-state index contributed by atoms with van der Waals surface area (Å²) in [6, 6.07) is 4.52. The minimum absolute atomic E-state index is 0.0953. The summed E-state index contributed by atoms with van der Waals surface area (Å²) in [5.74, 6) is -0.318. The number of anilines is 1. The van der Waals surface area contributed by atoms with Crippen LogP contribution in [0.5, 0.6) is 0 Å². The van der Waals surface area contributed by atoms with E-state index in [1.165, 1.54) is 12.1 Å². The molecule has 0 bridgehead atoms. The minimum atomic E-state index is -0.485. The Hall–Kier alpha value is -1.55. The van der Waals surface area contributed by atoms with Crippen LogP contribution in [-0.2, 0) is 4.74 Å². The number of alkyl halides is 1. The Bertz CT molecular complexity index is 432. The summed E-state index contributed by atoms with van der Waals surface area (Å²) in [5.41, 5.74) is 6.67. The van der Waals surface area contributed by atoms with E-state index in [-0.39, 0.29) is 35.9 Å². The number of rotatable bonds is 5. The lowest BCUT2D eigenvalue weighted by Gasteiger charge is -2.06. The molecule has 1 aromatic rings. The van der Waals surface area contributed by atoms with Crippen molar-refractivity contribution in [3.05, 3.63) is 29.3 Å². The second-order valence-corrected chi connectivity index (χ2v) is 3.76. The van der Waals surface area contributed by atoms with Gasteiger partial charge in [0.15, 0.2) is 5.78 Å². The predicted molar refractivity (Wildman–Crippen MR) is 66.5 cm³/mol. The number of esters is 1. The summed E-state index contributed by atoms with van der Waals surface area (Å²) >= 11 is 5.48. The van der Waals surface area contributed by atoms with Crippen LogP contribution >= 0.6 is 11.6 Å².